The van der Waals surface area contributed by atoms with E-state index < -0.39 is 16.8 Å². The summed E-state index contributed by atoms with van der Waals surface area (Å²) in [5, 5.41) is 21.0. The molecule has 0 saturated heterocycles. The molecule has 1 aromatic rings. The summed E-state index contributed by atoms with van der Waals surface area (Å²) in [7, 11) is 0. The molecule has 0 unspecified atom stereocenters. The maximum absolute atomic E-state index is 9.81. The molecule has 10 nitrogen and oxygen atoms in total. The van der Waals surface area contributed by atoms with Gasteiger partial charge in [-0.1, -0.05) is 5.16 Å². The van der Waals surface area contributed by atoms with Crippen LogP contribution in [0.25, 0.3) is 0 Å². The summed E-state index contributed by atoms with van der Waals surface area (Å²) in [5.74, 6) is 0.0775. The smallest absolute Gasteiger partial charge is 0.294 e. The fraction of sp³-hybridized carbons (Fsp3) is 0.400. The van der Waals surface area contributed by atoms with Crippen LogP contribution in [-0.2, 0) is 22.9 Å². The van der Waals surface area contributed by atoms with Crippen molar-refractivity contribution in [2.24, 2.45) is 0 Å². The largest absolute Gasteiger partial charge is 0.359 e. The average molecular weight is 219 g/mol. The molecule has 10 heteroatoms. The van der Waals surface area contributed by atoms with E-state index in [0.717, 1.165) is 0 Å². The lowest BCUT2D eigenvalue weighted by atomic mass is 10.4. The fourth-order valence-electron chi connectivity index (χ4n) is 0.727. The van der Waals surface area contributed by atoms with Crippen LogP contribution in [0.1, 0.15) is 11.5 Å². The zero-order valence-electron chi connectivity index (χ0n) is 7.19. The predicted octanol–water partition coefficient (Wildman–Crippen LogP) is 0.0912. The van der Waals surface area contributed by atoms with E-state index in [0.29, 0.717) is 0 Å². The lowest BCUT2D eigenvalue weighted by Gasteiger charge is -1.91. The maximum atomic E-state index is 9.81. The van der Waals surface area contributed by atoms with E-state index in [2.05, 4.69) is 19.4 Å². The summed E-state index contributed by atoms with van der Waals surface area (Å²) in [6.07, 6.45) is 0. The Balaban J connectivity index is 2.41. The van der Waals surface area contributed by atoms with Crippen molar-refractivity contribution >= 4 is 0 Å². The number of nitrogens with zero attached hydrogens (tertiary/aromatic N) is 3. The molecule has 0 amide bonds. The number of rotatable bonds is 6. The van der Waals surface area contributed by atoms with Gasteiger partial charge in [-0.2, -0.15) is 0 Å². The lowest BCUT2D eigenvalue weighted by Crippen LogP contribution is -2.00. The Hall–Kier alpha value is -2.39. The van der Waals surface area contributed by atoms with Gasteiger partial charge < -0.3 is 14.2 Å². The molecule has 0 spiro atoms. The van der Waals surface area contributed by atoms with E-state index in [4.69, 9.17) is 0 Å². The molecule has 1 aromatic heterocycles. The van der Waals surface area contributed by atoms with Gasteiger partial charge in [-0.3, -0.25) is 0 Å². The second-order valence-corrected chi connectivity index (χ2v) is 2.28. The van der Waals surface area contributed by atoms with Gasteiger partial charge in [0.15, 0.2) is 12.4 Å². The molecular formula is C5H5N3O7. The maximum Gasteiger partial charge on any atom is 0.294 e. The van der Waals surface area contributed by atoms with Crippen molar-refractivity contribution in [1.82, 2.24) is 5.16 Å². The van der Waals surface area contributed by atoms with Crippen LogP contribution < -0.4 is 0 Å². The molecule has 0 fully saturated rings. The normalized spacial score (nSPS) is 9.60. The Morgan fingerprint density at radius 2 is 1.87 bits per heavy atom. The summed E-state index contributed by atoms with van der Waals surface area (Å²) in [4.78, 5) is 27.6. The molecule has 0 N–H and O–H groups in total. The molecule has 0 radical (unpaired) electrons. The van der Waals surface area contributed by atoms with Crippen LogP contribution in [0.5, 0.6) is 0 Å². The van der Waals surface area contributed by atoms with Crippen molar-refractivity contribution < 1.29 is 24.4 Å². The molecule has 0 bridgehead atoms. The molecule has 82 valence electrons. The lowest BCUT2D eigenvalue weighted by molar-refractivity contribution is -0.763. The summed E-state index contributed by atoms with van der Waals surface area (Å²) in [6, 6.07) is 1.26. The van der Waals surface area contributed by atoms with Crippen molar-refractivity contribution in [2.75, 3.05) is 0 Å². The quantitative estimate of drug-likeness (QED) is 0.485. The SMILES string of the molecule is O=[N+]([O-])OCc1cc(CO[N+](=O)[O-])on1. The highest BCUT2D eigenvalue weighted by Gasteiger charge is 2.07. The van der Waals surface area contributed by atoms with Crippen molar-refractivity contribution in [1.29, 1.82) is 0 Å². The van der Waals surface area contributed by atoms with Gasteiger partial charge in [0.1, 0.15) is 12.3 Å². The van der Waals surface area contributed by atoms with Gasteiger partial charge in [-0.05, 0) is 0 Å². The van der Waals surface area contributed by atoms with Crippen LogP contribution in [-0.4, -0.2) is 15.3 Å². The molecule has 0 atom stereocenters. The van der Waals surface area contributed by atoms with Gasteiger partial charge in [0.05, 0.1) is 0 Å². The second kappa shape index (κ2) is 4.74. The van der Waals surface area contributed by atoms with Crippen LogP contribution >= 0.6 is 0 Å². The summed E-state index contributed by atoms with van der Waals surface area (Å²) in [5.41, 5.74) is 0.147. The minimum Gasteiger partial charge on any atom is -0.359 e. The van der Waals surface area contributed by atoms with E-state index in [-0.39, 0.29) is 18.1 Å². The van der Waals surface area contributed by atoms with Crippen LogP contribution in [0, 0.1) is 20.2 Å². The van der Waals surface area contributed by atoms with Crippen molar-refractivity contribution in [3.8, 4) is 0 Å². The Kier molecular flexibility index (Phi) is 3.38. The Labute approximate surface area is 81.6 Å². The molecule has 0 aliphatic carbocycles. The van der Waals surface area contributed by atoms with Crippen LogP contribution in [0.3, 0.4) is 0 Å². The highest BCUT2D eigenvalue weighted by atomic mass is 17.0. The predicted molar refractivity (Wildman–Crippen MR) is 40.1 cm³/mol. The van der Waals surface area contributed by atoms with Crippen LogP contribution in [0.2, 0.25) is 0 Å². The monoisotopic (exact) mass is 219 g/mol. The summed E-state index contributed by atoms with van der Waals surface area (Å²) >= 11 is 0. The van der Waals surface area contributed by atoms with Gasteiger partial charge >= 0.3 is 0 Å². The Morgan fingerprint density at radius 3 is 2.47 bits per heavy atom. The number of aromatic nitrogens is 1. The first-order chi connectivity index (χ1) is 7.08. The third-order valence-electron chi connectivity index (χ3n) is 1.24. The van der Waals surface area contributed by atoms with E-state index >= 15 is 0 Å². The Morgan fingerprint density at radius 1 is 1.27 bits per heavy atom. The van der Waals surface area contributed by atoms with Crippen molar-refractivity contribution in [2.45, 2.75) is 13.2 Å². The summed E-state index contributed by atoms with van der Waals surface area (Å²) < 4.78 is 4.57. The highest BCUT2D eigenvalue weighted by Crippen LogP contribution is 2.06. The first-order valence-electron chi connectivity index (χ1n) is 3.57. The number of hydrogen-bond donors (Lipinski definition) is 0. The molecule has 1 rings (SSSR count). The molecular weight excluding hydrogens is 214 g/mol. The van der Waals surface area contributed by atoms with Gasteiger partial charge in [-0.25, -0.2) is 0 Å². The van der Waals surface area contributed by atoms with Crippen LogP contribution in [0.4, 0.5) is 0 Å². The topological polar surface area (TPSA) is 131 Å². The molecule has 0 aromatic carbocycles. The van der Waals surface area contributed by atoms with Gasteiger partial charge in [0, 0.05) is 6.07 Å². The average Bonchev–Trinajstić information content (AvgIpc) is 2.59. The van der Waals surface area contributed by atoms with Gasteiger partial charge in [-0.15, -0.1) is 20.2 Å². The Bertz CT molecular complexity index is 329. The minimum atomic E-state index is -0.990. The molecule has 0 aliphatic heterocycles. The third kappa shape index (κ3) is 3.89. The molecule has 0 saturated carbocycles. The first-order valence-corrected chi connectivity index (χ1v) is 3.57. The van der Waals surface area contributed by atoms with E-state index in [9.17, 15) is 20.2 Å². The second-order valence-electron chi connectivity index (χ2n) is 2.28. The molecule has 0 aliphatic rings. The fourth-order valence-corrected chi connectivity index (χ4v) is 0.727. The van der Waals surface area contributed by atoms with Crippen molar-refractivity contribution in [3.63, 3.8) is 0 Å². The van der Waals surface area contributed by atoms with E-state index in [1.807, 2.05) is 0 Å². The highest BCUT2D eigenvalue weighted by molar-refractivity contribution is 5.02. The van der Waals surface area contributed by atoms with E-state index in [1.54, 1.807) is 0 Å². The van der Waals surface area contributed by atoms with Gasteiger partial charge in [0.25, 0.3) is 10.2 Å². The summed E-state index contributed by atoms with van der Waals surface area (Å²) in [6.45, 7) is -0.784. The van der Waals surface area contributed by atoms with E-state index in [1.165, 1.54) is 6.07 Å². The zero-order valence-corrected chi connectivity index (χ0v) is 7.19. The molecule has 1 heterocycles. The number of hydrogen-bond acceptors (Lipinski definition) is 8. The zero-order chi connectivity index (χ0) is 11.3. The standard InChI is InChI=1S/C5H5N3O7/c9-7(10)13-2-4-1-5(15-6-4)3-14-8(11)12/h1H,2-3H2. The van der Waals surface area contributed by atoms with Crippen LogP contribution in [0.15, 0.2) is 10.6 Å². The first kappa shape index (κ1) is 10.7. The van der Waals surface area contributed by atoms with Gasteiger partial charge in [0.2, 0.25) is 0 Å². The van der Waals surface area contributed by atoms with Crippen molar-refractivity contribution in [3.05, 3.63) is 37.7 Å². The minimum absolute atomic E-state index is 0.0775. The third-order valence-corrected chi connectivity index (χ3v) is 1.24. The molecule has 15 heavy (non-hydrogen) atoms.